The molecule has 0 aromatic carbocycles. The number of rotatable bonds is 8. The van der Waals surface area contributed by atoms with Crippen molar-refractivity contribution in [3.8, 4) is 0 Å². The molecule has 0 aliphatic carbocycles. The Balaban J connectivity index is 2.11. The van der Waals surface area contributed by atoms with Crippen LogP contribution < -0.4 is 5.32 Å². The summed E-state index contributed by atoms with van der Waals surface area (Å²) in [6.07, 6.45) is 5.56. The number of amides is 1. The molecule has 1 amide bonds. The van der Waals surface area contributed by atoms with E-state index in [0.717, 1.165) is 17.1 Å². The highest BCUT2D eigenvalue weighted by atomic mass is 32.2. The highest BCUT2D eigenvalue weighted by Crippen LogP contribution is 2.20. The number of hydrogen-bond donors (Lipinski definition) is 2. The number of aromatic nitrogens is 2. The lowest BCUT2D eigenvalue weighted by Crippen LogP contribution is -2.30. The first kappa shape index (κ1) is 17.8. The van der Waals surface area contributed by atoms with Crippen LogP contribution in [0.15, 0.2) is 29.6 Å². The first-order valence-corrected chi connectivity index (χ1v) is 9.19. The minimum Gasteiger partial charge on any atom is -0.396 e. The minimum absolute atomic E-state index is 0.150. The van der Waals surface area contributed by atoms with E-state index < -0.39 is 0 Å². The van der Waals surface area contributed by atoms with Gasteiger partial charge >= 0.3 is 0 Å². The van der Waals surface area contributed by atoms with Crippen LogP contribution in [0.4, 0.5) is 0 Å². The number of hydrogen-bond acceptors (Lipinski definition) is 4. The van der Waals surface area contributed by atoms with Crippen molar-refractivity contribution in [3.05, 3.63) is 30.1 Å². The summed E-state index contributed by atoms with van der Waals surface area (Å²) in [7, 11) is 0. The van der Waals surface area contributed by atoms with Crippen LogP contribution in [0.3, 0.4) is 0 Å². The van der Waals surface area contributed by atoms with E-state index in [9.17, 15) is 9.90 Å². The number of carbonyl (C=O) groups is 1. The number of imidazole rings is 1. The fourth-order valence-electron chi connectivity index (χ4n) is 2.79. The van der Waals surface area contributed by atoms with E-state index in [0.29, 0.717) is 24.6 Å². The van der Waals surface area contributed by atoms with Crippen LogP contribution in [-0.2, 0) is 0 Å². The molecule has 2 aromatic rings. The van der Waals surface area contributed by atoms with Crippen molar-refractivity contribution in [2.75, 3.05) is 19.4 Å². The van der Waals surface area contributed by atoms with Crippen LogP contribution >= 0.6 is 11.8 Å². The summed E-state index contributed by atoms with van der Waals surface area (Å²) in [5.41, 5.74) is 1.28. The van der Waals surface area contributed by atoms with Gasteiger partial charge in [-0.05, 0) is 43.1 Å². The third kappa shape index (κ3) is 4.48. The SMILES string of the molecule is CSc1nc(C(=O)NCC(CCO)CC(C)C)c2ccccn12. The van der Waals surface area contributed by atoms with E-state index in [4.69, 9.17) is 0 Å². The van der Waals surface area contributed by atoms with Crippen LogP contribution in [0, 0.1) is 11.8 Å². The number of aliphatic hydroxyl groups is 1. The van der Waals surface area contributed by atoms with Gasteiger partial charge in [-0.3, -0.25) is 9.20 Å². The van der Waals surface area contributed by atoms with Crippen LogP contribution in [-0.4, -0.2) is 39.8 Å². The highest BCUT2D eigenvalue weighted by molar-refractivity contribution is 7.98. The second kappa shape index (κ2) is 8.36. The Hall–Kier alpha value is -1.53. The summed E-state index contributed by atoms with van der Waals surface area (Å²) in [4.78, 5) is 17.0. The fraction of sp³-hybridized carbons (Fsp3) is 0.529. The Morgan fingerprint density at radius 2 is 2.22 bits per heavy atom. The predicted octanol–water partition coefficient (Wildman–Crippen LogP) is 2.83. The molecule has 2 N–H and O–H groups in total. The number of fused-ring (bicyclic) bond motifs is 1. The zero-order valence-electron chi connectivity index (χ0n) is 14.0. The third-order valence-electron chi connectivity index (χ3n) is 3.81. The smallest absolute Gasteiger partial charge is 0.272 e. The second-order valence-electron chi connectivity index (χ2n) is 6.12. The molecular formula is C17H25N3O2S. The van der Waals surface area contributed by atoms with E-state index >= 15 is 0 Å². The average Bonchev–Trinajstić information content (AvgIpc) is 2.91. The van der Waals surface area contributed by atoms with Crippen molar-refractivity contribution in [3.63, 3.8) is 0 Å². The molecule has 0 saturated heterocycles. The van der Waals surface area contributed by atoms with Gasteiger partial charge in [-0.1, -0.05) is 31.7 Å². The van der Waals surface area contributed by atoms with E-state index in [1.54, 1.807) is 0 Å². The summed E-state index contributed by atoms with van der Waals surface area (Å²) < 4.78 is 1.93. The fourth-order valence-corrected chi connectivity index (χ4v) is 3.33. The van der Waals surface area contributed by atoms with Crippen LogP contribution in [0.2, 0.25) is 0 Å². The van der Waals surface area contributed by atoms with Crippen molar-refractivity contribution in [1.29, 1.82) is 0 Å². The maximum absolute atomic E-state index is 12.5. The number of carbonyl (C=O) groups excluding carboxylic acids is 1. The Morgan fingerprint density at radius 3 is 2.87 bits per heavy atom. The van der Waals surface area contributed by atoms with Gasteiger partial charge in [0.25, 0.3) is 5.91 Å². The van der Waals surface area contributed by atoms with Crippen molar-refractivity contribution in [1.82, 2.24) is 14.7 Å². The zero-order valence-corrected chi connectivity index (χ0v) is 14.8. The van der Waals surface area contributed by atoms with Crippen molar-refractivity contribution in [2.24, 2.45) is 11.8 Å². The lowest BCUT2D eigenvalue weighted by molar-refractivity contribution is 0.0938. The molecule has 1 atom stereocenters. The summed E-state index contributed by atoms with van der Waals surface area (Å²) in [6.45, 7) is 5.02. The van der Waals surface area contributed by atoms with Gasteiger partial charge in [-0.2, -0.15) is 0 Å². The molecule has 0 spiro atoms. The van der Waals surface area contributed by atoms with E-state index in [1.807, 2.05) is 35.1 Å². The van der Waals surface area contributed by atoms with Gasteiger partial charge in [0, 0.05) is 19.3 Å². The Kier molecular flexibility index (Phi) is 6.47. The number of nitrogens with zero attached hydrogens (tertiary/aromatic N) is 2. The van der Waals surface area contributed by atoms with Crippen molar-refractivity contribution < 1.29 is 9.90 Å². The van der Waals surface area contributed by atoms with Gasteiger partial charge in [-0.15, -0.1) is 0 Å². The molecule has 1 unspecified atom stereocenters. The molecule has 0 bridgehead atoms. The molecular weight excluding hydrogens is 310 g/mol. The van der Waals surface area contributed by atoms with Gasteiger partial charge in [0.05, 0.1) is 5.52 Å². The maximum atomic E-state index is 12.5. The molecule has 5 nitrogen and oxygen atoms in total. The molecule has 0 aliphatic heterocycles. The number of nitrogens with one attached hydrogen (secondary N) is 1. The molecule has 0 radical (unpaired) electrons. The van der Waals surface area contributed by atoms with E-state index in [2.05, 4.69) is 24.1 Å². The van der Waals surface area contributed by atoms with Crippen LogP contribution in [0.1, 0.15) is 37.2 Å². The Labute approximate surface area is 141 Å². The number of pyridine rings is 1. The normalized spacial score (nSPS) is 12.7. The molecule has 2 rings (SSSR count). The quantitative estimate of drug-likeness (QED) is 0.728. The first-order valence-electron chi connectivity index (χ1n) is 7.97. The molecule has 6 heteroatoms. The molecule has 2 heterocycles. The van der Waals surface area contributed by atoms with Crippen LogP contribution in [0.25, 0.3) is 5.52 Å². The monoisotopic (exact) mass is 335 g/mol. The number of aliphatic hydroxyl groups excluding tert-OH is 1. The summed E-state index contributed by atoms with van der Waals surface area (Å²) in [5, 5.41) is 13.0. The molecule has 23 heavy (non-hydrogen) atoms. The van der Waals surface area contributed by atoms with Gasteiger partial charge in [0.2, 0.25) is 0 Å². The van der Waals surface area contributed by atoms with Gasteiger partial charge < -0.3 is 10.4 Å². The molecule has 2 aromatic heterocycles. The predicted molar refractivity (Wildman–Crippen MR) is 94.0 cm³/mol. The molecule has 0 fully saturated rings. The topological polar surface area (TPSA) is 66.6 Å². The maximum Gasteiger partial charge on any atom is 0.272 e. The highest BCUT2D eigenvalue weighted by Gasteiger charge is 2.18. The van der Waals surface area contributed by atoms with Crippen LogP contribution in [0.5, 0.6) is 0 Å². The van der Waals surface area contributed by atoms with E-state index in [1.165, 1.54) is 11.8 Å². The third-order valence-corrected chi connectivity index (χ3v) is 4.46. The second-order valence-corrected chi connectivity index (χ2v) is 6.89. The molecule has 0 aliphatic rings. The van der Waals surface area contributed by atoms with Crippen molar-refractivity contribution >= 4 is 23.2 Å². The summed E-state index contributed by atoms with van der Waals surface area (Å²) >= 11 is 1.52. The standard InChI is InChI=1S/C17H25N3O2S/c1-12(2)10-13(7-9-21)11-18-16(22)15-14-6-4-5-8-20(14)17(19-15)23-3/h4-6,8,12-13,21H,7,9-11H2,1-3H3,(H,18,22). The lowest BCUT2D eigenvalue weighted by atomic mass is 9.94. The minimum atomic E-state index is -0.152. The van der Waals surface area contributed by atoms with E-state index in [-0.39, 0.29) is 18.4 Å². The van der Waals surface area contributed by atoms with Gasteiger partial charge in [0.15, 0.2) is 10.9 Å². The lowest BCUT2D eigenvalue weighted by Gasteiger charge is -2.18. The molecule has 0 saturated carbocycles. The largest absolute Gasteiger partial charge is 0.396 e. The van der Waals surface area contributed by atoms with Gasteiger partial charge in [-0.25, -0.2) is 4.98 Å². The average molecular weight is 335 g/mol. The Morgan fingerprint density at radius 1 is 1.43 bits per heavy atom. The van der Waals surface area contributed by atoms with Gasteiger partial charge in [0.1, 0.15) is 0 Å². The number of thioether (sulfide) groups is 1. The Bertz CT molecular complexity index is 654. The van der Waals surface area contributed by atoms with Crippen molar-refractivity contribution in [2.45, 2.75) is 31.8 Å². The summed E-state index contributed by atoms with van der Waals surface area (Å²) in [6, 6.07) is 5.74. The first-order chi connectivity index (χ1) is 11.1. The summed E-state index contributed by atoms with van der Waals surface area (Å²) in [5.74, 6) is 0.679. The molecule has 126 valence electrons. The zero-order chi connectivity index (χ0) is 16.8.